The van der Waals surface area contributed by atoms with Crippen LogP contribution in [0, 0.1) is 5.82 Å². The summed E-state index contributed by atoms with van der Waals surface area (Å²) in [6, 6.07) is 19.4. The molecule has 7 nitrogen and oxygen atoms in total. The average molecular weight is 506 g/mol. The monoisotopic (exact) mass is 505 g/mol. The molecule has 0 fully saturated rings. The number of ether oxygens (including phenoxy) is 2. The molecule has 2 N–H and O–H groups in total. The second-order valence-corrected chi connectivity index (χ2v) is 9.21. The fourth-order valence-corrected chi connectivity index (χ4v) is 4.91. The molecule has 1 aliphatic heterocycles. The Balaban J connectivity index is 1.17. The fourth-order valence-electron chi connectivity index (χ4n) is 3.99. The number of benzene rings is 3. The standard InChI is InChI=1S/C27H24FN3O4S/c28-21-7-3-1-5-19(21)27(33)29-11-12-31-15-25(20-6-2-4-8-22(20)31)36-16-26(32)30-14-18-9-10-23-24(13-18)35-17-34-23/h1-10,13,15H,11-12,14,16-17H2,(H,29,33)(H,30,32). The SMILES string of the molecule is O=C(CSc1cn(CCNC(=O)c2ccccc2F)c2ccccc12)NCc1ccc2c(c1)OCO2. The maximum absolute atomic E-state index is 13.8. The highest BCUT2D eigenvalue weighted by Gasteiger charge is 2.15. The largest absolute Gasteiger partial charge is 0.454 e. The molecule has 0 spiro atoms. The van der Waals surface area contributed by atoms with E-state index in [-0.39, 0.29) is 24.0 Å². The molecule has 36 heavy (non-hydrogen) atoms. The number of amides is 2. The molecule has 0 unspecified atom stereocenters. The van der Waals surface area contributed by atoms with E-state index in [1.54, 1.807) is 12.1 Å². The van der Waals surface area contributed by atoms with Crippen molar-refractivity contribution in [2.24, 2.45) is 0 Å². The van der Waals surface area contributed by atoms with Crippen molar-refractivity contribution >= 4 is 34.5 Å². The van der Waals surface area contributed by atoms with Gasteiger partial charge >= 0.3 is 0 Å². The predicted octanol–water partition coefficient (Wildman–Crippen LogP) is 4.35. The van der Waals surface area contributed by atoms with Gasteiger partial charge in [0.2, 0.25) is 12.7 Å². The highest BCUT2D eigenvalue weighted by atomic mass is 32.2. The van der Waals surface area contributed by atoms with Gasteiger partial charge in [-0.2, -0.15) is 0 Å². The molecule has 4 aromatic rings. The van der Waals surface area contributed by atoms with Crippen molar-refractivity contribution in [2.75, 3.05) is 19.1 Å². The van der Waals surface area contributed by atoms with Gasteiger partial charge in [0.25, 0.3) is 5.91 Å². The van der Waals surface area contributed by atoms with Crippen LogP contribution in [-0.2, 0) is 17.9 Å². The van der Waals surface area contributed by atoms with Gasteiger partial charge < -0.3 is 24.7 Å². The van der Waals surface area contributed by atoms with E-state index in [1.165, 1.54) is 23.9 Å². The second-order valence-electron chi connectivity index (χ2n) is 8.19. The first-order valence-electron chi connectivity index (χ1n) is 11.5. The third-order valence-corrected chi connectivity index (χ3v) is 6.84. The summed E-state index contributed by atoms with van der Waals surface area (Å²) < 4.78 is 26.6. The van der Waals surface area contributed by atoms with Crippen molar-refractivity contribution in [3.63, 3.8) is 0 Å². The van der Waals surface area contributed by atoms with E-state index in [0.717, 1.165) is 21.4 Å². The number of rotatable bonds is 9. The van der Waals surface area contributed by atoms with Gasteiger partial charge in [0, 0.05) is 41.6 Å². The first-order chi connectivity index (χ1) is 17.6. The van der Waals surface area contributed by atoms with E-state index in [9.17, 15) is 14.0 Å². The Morgan fingerprint density at radius 2 is 1.78 bits per heavy atom. The molecule has 0 atom stereocenters. The van der Waals surface area contributed by atoms with Gasteiger partial charge in [-0.05, 0) is 35.9 Å². The molecule has 5 rings (SSSR count). The van der Waals surface area contributed by atoms with Gasteiger partial charge in [0.15, 0.2) is 11.5 Å². The molecule has 0 radical (unpaired) electrons. The minimum absolute atomic E-state index is 0.0258. The van der Waals surface area contributed by atoms with Crippen LogP contribution in [0.5, 0.6) is 11.5 Å². The second kappa shape index (κ2) is 10.7. The molecule has 0 saturated carbocycles. The van der Waals surface area contributed by atoms with Crippen molar-refractivity contribution in [1.82, 2.24) is 15.2 Å². The summed E-state index contributed by atoms with van der Waals surface area (Å²) in [5.74, 6) is 0.599. The summed E-state index contributed by atoms with van der Waals surface area (Å²) in [6.07, 6.45) is 1.98. The highest BCUT2D eigenvalue weighted by Crippen LogP contribution is 2.32. The van der Waals surface area contributed by atoms with E-state index >= 15 is 0 Å². The van der Waals surface area contributed by atoms with Gasteiger partial charge in [0.05, 0.1) is 11.3 Å². The summed E-state index contributed by atoms with van der Waals surface area (Å²) in [4.78, 5) is 25.8. The van der Waals surface area contributed by atoms with Crippen molar-refractivity contribution in [2.45, 2.75) is 18.0 Å². The van der Waals surface area contributed by atoms with Crippen molar-refractivity contribution in [1.29, 1.82) is 0 Å². The third kappa shape index (κ3) is 5.31. The van der Waals surface area contributed by atoms with Crippen LogP contribution in [-0.4, -0.2) is 35.5 Å². The molecule has 0 aliphatic carbocycles. The lowest BCUT2D eigenvalue weighted by Gasteiger charge is -2.08. The number of halogens is 1. The van der Waals surface area contributed by atoms with Crippen LogP contribution in [0.1, 0.15) is 15.9 Å². The summed E-state index contributed by atoms with van der Waals surface area (Å²) >= 11 is 1.46. The first kappa shape index (κ1) is 23.7. The number of hydrogen-bond acceptors (Lipinski definition) is 5. The van der Waals surface area contributed by atoms with Gasteiger partial charge in [0.1, 0.15) is 5.82 Å². The summed E-state index contributed by atoms with van der Waals surface area (Å²) in [6.45, 7) is 1.47. The van der Waals surface area contributed by atoms with E-state index < -0.39 is 11.7 Å². The summed E-state index contributed by atoms with van der Waals surface area (Å²) in [5.41, 5.74) is 1.96. The zero-order chi connectivity index (χ0) is 24.9. The minimum Gasteiger partial charge on any atom is -0.454 e. The average Bonchev–Trinajstić information content (AvgIpc) is 3.51. The molecule has 184 valence electrons. The van der Waals surface area contributed by atoms with Crippen molar-refractivity contribution in [3.8, 4) is 11.5 Å². The molecule has 1 aliphatic rings. The van der Waals surface area contributed by atoms with Crippen LogP contribution in [0.2, 0.25) is 0 Å². The molecular formula is C27H24FN3O4S. The van der Waals surface area contributed by atoms with Crippen LogP contribution in [0.25, 0.3) is 10.9 Å². The van der Waals surface area contributed by atoms with Crippen molar-refractivity contribution < 1.29 is 23.5 Å². The number of fused-ring (bicyclic) bond motifs is 2. The van der Waals surface area contributed by atoms with Crippen molar-refractivity contribution in [3.05, 3.63) is 89.9 Å². The van der Waals surface area contributed by atoms with Crippen LogP contribution in [0.15, 0.2) is 77.8 Å². The number of aromatic nitrogens is 1. The predicted molar refractivity (Wildman–Crippen MR) is 136 cm³/mol. The Morgan fingerprint density at radius 1 is 0.972 bits per heavy atom. The number of carbonyl (C=O) groups excluding carboxylic acids is 2. The number of nitrogens with zero attached hydrogens (tertiary/aromatic N) is 1. The highest BCUT2D eigenvalue weighted by molar-refractivity contribution is 8.00. The molecule has 2 amide bonds. The van der Waals surface area contributed by atoms with Crippen LogP contribution >= 0.6 is 11.8 Å². The van der Waals surface area contributed by atoms with Crippen LogP contribution in [0.4, 0.5) is 4.39 Å². The van der Waals surface area contributed by atoms with E-state index in [1.807, 2.05) is 53.2 Å². The molecule has 0 bridgehead atoms. The minimum atomic E-state index is -0.545. The Kier molecular flexibility index (Phi) is 7.08. The third-order valence-electron chi connectivity index (χ3n) is 5.79. The maximum atomic E-state index is 13.8. The summed E-state index contributed by atoms with van der Waals surface area (Å²) in [5, 5.41) is 6.75. The number of thioether (sulfide) groups is 1. The zero-order valence-corrected chi connectivity index (χ0v) is 20.1. The quantitative estimate of drug-likeness (QED) is 0.331. The number of carbonyl (C=O) groups is 2. The molecule has 1 aromatic heterocycles. The lowest BCUT2D eigenvalue weighted by atomic mass is 10.2. The van der Waals surface area contributed by atoms with E-state index in [4.69, 9.17) is 9.47 Å². The molecule has 2 heterocycles. The smallest absolute Gasteiger partial charge is 0.254 e. The Bertz CT molecular complexity index is 1420. The molecule has 0 saturated heterocycles. The molecule has 9 heteroatoms. The number of hydrogen-bond donors (Lipinski definition) is 2. The normalized spacial score (nSPS) is 12.0. The topological polar surface area (TPSA) is 81.6 Å². The molecular weight excluding hydrogens is 481 g/mol. The zero-order valence-electron chi connectivity index (χ0n) is 19.3. The van der Waals surface area contributed by atoms with E-state index in [0.29, 0.717) is 31.1 Å². The van der Waals surface area contributed by atoms with Gasteiger partial charge in [-0.3, -0.25) is 9.59 Å². The molecule has 3 aromatic carbocycles. The summed E-state index contributed by atoms with van der Waals surface area (Å²) in [7, 11) is 0. The van der Waals surface area contributed by atoms with Gasteiger partial charge in [-0.25, -0.2) is 4.39 Å². The van der Waals surface area contributed by atoms with Crippen LogP contribution < -0.4 is 20.1 Å². The Morgan fingerprint density at radius 3 is 2.67 bits per heavy atom. The van der Waals surface area contributed by atoms with E-state index in [2.05, 4.69) is 10.6 Å². The number of para-hydroxylation sites is 1. The van der Waals surface area contributed by atoms with Gasteiger partial charge in [-0.15, -0.1) is 11.8 Å². The Hall–Kier alpha value is -3.98. The van der Waals surface area contributed by atoms with Crippen LogP contribution in [0.3, 0.4) is 0 Å². The maximum Gasteiger partial charge on any atom is 0.254 e. The lowest BCUT2D eigenvalue weighted by Crippen LogP contribution is -2.27. The van der Waals surface area contributed by atoms with Gasteiger partial charge in [-0.1, -0.05) is 36.4 Å². The number of nitrogens with one attached hydrogen (secondary N) is 2. The first-order valence-corrected chi connectivity index (χ1v) is 12.5. The Labute approximate surface area is 211 Å². The lowest BCUT2D eigenvalue weighted by molar-refractivity contribution is -0.118. The fraction of sp³-hybridized carbons (Fsp3) is 0.185.